The van der Waals surface area contributed by atoms with E-state index in [1.807, 2.05) is 89.0 Å². The first-order valence-electron chi connectivity index (χ1n) is 24.1. The van der Waals surface area contributed by atoms with Gasteiger partial charge in [-0.15, -0.1) is 0 Å². The second kappa shape index (κ2) is 27.6. The summed E-state index contributed by atoms with van der Waals surface area (Å²) >= 11 is 0. The van der Waals surface area contributed by atoms with Gasteiger partial charge >= 0.3 is 5.97 Å². The van der Waals surface area contributed by atoms with Crippen LogP contribution in [0.2, 0.25) is 0 Å². The molecule has 18 heteroatoms. The Balaban J connectivity index is 1.70. The molecule has 2 aliphatic heterocycles. The number of ether oxygens (including phenoxy) is 2. The Morgan fingerprint density at radius 2 is 1.51 bits per heavy atom. The normalized spacial score (nSPS) is 18.2. The molecule has 1 aromatic carbocycles. The molecule has 0 aliphatic carbocycles. The van der Waals surface area contributed by atoms with Crippen molar-refractivity contribution in [2.75, 3.05) is 75.6 Å². The van der Waals surface area contributed by atoms with E-state index < -0.39 is 54.2 Å². The lowest BCUT2D eigenvalue weighted by molar-refractivity contribution is -0.147. The third-order valence-corrected chi connectivity index (χ3v) is 13.4. The monoisotopic (exact) mass is 953 g/mol. The van der Waals surface area contributed by atoms with Crippen LogP contribution in [0, 0.1) is 17.8 Å². The summed E-state index contributed by atoms with van der Waals surface area (Å²) in [4.78, 5) is 107. The topological polar surface area (TPSA) is 202 Å². The number of hydrogen-bond donors (Lipinski definition) is 2. The Hall–Kier alpha value is -5.36. The molecule has 0 unspecified atom stereocenters. The molecule has 0 spiro atoms. The Bertz CT molecular complexity index is 1890. The van der Waals surface area contributed by atoms with Gasteiger partial charge < -0.3 is 44.4 Å². The van der Waals surface area contributed by atoms with Crippen LogP contribution in [0.5, 0.6) is 0 Å². The van der Waals surface area contributed by atoms with E-state index in [2.05, 4.69) is 5.32 Å². The second-order valence-electron chi connectivity index (χ2n) is 18.9. The number of amides is 6. The van der Waals surface area contributed by atoms with Gasteiger partial charge in [-0.25, -0.2) is 9.79 Å². The molecule has 18 nitrogen and oxygen atoms in total. The molecule has 8 atom stereocenters. The number of aliphatic imine (C=N–C) groups is 1. The predicted molar refractivity (Wildman–Crippen MR) is 260 cm³/mol. The highest BCUT2D eigenvalue weighted by molar-refractivity contribution is 6.12. The summed E-state index contributed by atoms with van der Waals surface area (Å²) in [6, 6.07) is 6.21. The van der Waals surface area contributed by atoms with Crippen molar-refractivity contribution < 1.29 is 48.1 Å². The van der Waals surface area contributed by atoms with E-state index in [9.17, 15) is 38.7 Å². The smallest absolute Gasteiger partial charge is 0.326 e. The molecule has 0 radical (unpaired) electrons. The SMILES string of the molecule is CC[C@H](C)[C@@H]([C@@H](CC(=O)N1CCC[C@H]1[C@H](OC)[C@@H](C)C(=O)N[C@@H](Cc1ccccc1)C(=O)O)OC)N(C)C(=O)[C@@H](N=C(N(C)C)N(C)CCN(C)C(=O)CCCCCN1C(=O)C=CC1=O)C(C)C. The lowest BCUT2D eigenvalue weighted by Crippen LogP contribution is -2.55. The minimum absolute atomic E-state index is 0.0163. The highest BCUT2D eigenvalue weighted by Gasteiger charge is 2.43. The lowest BCUT2D eigenvalue weighted by Gasteiger charge is -2.40. The highest BCUT2D eigenvalue weighted by Crippen LogP contribution is 2.30. The third-order valence-electron chi connectivity index (χ3n) is 13.4. The van der Waals surface area contributed by atoms with Crippen LogP contribution in [0.25, 0.3) is 0 Å². The Labute approximate surface area is 404 Å². The standard InChI is InChI=1S/C50H80N8O10/c1-13-34(4)45(39(67-11)32-43(62)57-28-20-23-38(57)46(68-12)35(5)47(63)51-37(49(65)66)31-36-21-16-14-17-22-36)56(10)48(64)44(33(2)3)52-50(53(6)7)55(9)30-29-54(8)40(59)24-18-15-19-27-58-41(60)25-26-42(58)61/h14,16-17,21-22,25-26,33-35,37-39,44-46H,13,15,18-20,23-24,27-32H2,1-12H3,(H,51,63)(H,65,66)/t34-,35+,37-,38-,39+,44-,45-,46+/m0/s1. The molecule has 0 aromatic heterocycles. The number of unbranched alkanes of at least 4 members (excludes halogenated alkanes) is 2. The average molecular weight is 953 g/mol. The molecule has 2 heterocycles. The van der Waals surface area contributed by atoms with Crippen LogP contribution in [0.3, 0.4) is 0 Å². The summed E-state index contributed by atoms with van der Waals surface area (Å²) in [5.74, 6) is -3.14. The largest absolute Gasteiger partial charge is 0.480 e. The van der Waals surface area contributed by atoms with Crippen LogP contribution in [0.1, 0.15) is 91.5 Å². The van der Waals surface area contributed by atoms with Crippen molar-refractivity contribution in [3.05, 3.63) is 48.0 Å². The number of likely N-dealkylation sites (N-methyl/N-ethyl adjacent to an activating group) is 3. The lowest BCUT2D eigenvalue weighted by atomic mass is 9.89. The zero-order chi connectivity index (χ0) is 50.8. The van der Waals surface area contributed by atoms with Crippen LogP contribution in [0.15, 0.2) is 47.5 Å². The number of guanidine groups is 1. The maximum atomic E-state index is 14.7. The van der Waals surface area contributed by atoms with E-state index in [0.29, 0.717) is 77.1 Å². The van der Waals surface area contributed by atoms with Gasteiger partial charge in [0.1, 0.15) is 12.1 Å². The number of nitrogens with one attached hydrogen (secondary N) is 1. The first kappa shape index (κ1) is 57.0. The quantitative estimate of drug-likeness (QED) is 0.0564. The van der Waals surface area contributed by atoms with Crippen molar-refractivity contribution >= 4 is 47.4 Å². The van der Waals surface area contributed by atoms with Crippen LogP contribution < -0.4 is 5.32 Å². The van der Waals surface area contributed by atoms with Crippen LogP contribution >= 0.6 is 0 Å². The number of carboxylic acid groups (broad SMARTS) is 1. The molecule has 6 amide bonds. The van der Waals surface area contributed by atoms with E-state index in [4.69, 9.17) is 14.5 Å². The zero-order valence-electron chi connectivity index (χ0n) is 42.7. The van der Waals surface area contributed by atoms with E-state index >= 15 is 0 Å². The van der Waals surface area contributed by atoms with Crippen molar-refractivity contribution in [3.63, 3.8) is 0 Å². The summed E-state index contributed by atoms with van der Waals surface area (Å²) in [5.41, 5.74) is 0.775. The third kappa shape index (κ3) is 15.9. The van der Waals surface area contributed by atoms with E-state index in [1.165, 1.54) is 24.2 Å². The van der Waals surface area contributed by atoms with Gasteiger partial charge in [0.2, 0.25) is 23.6 Å². The fraction of sp³-hybridized carbons (Fsp3) is 0.680. The van der Waals surface area contributed by atoms with Gasteiger partial charge in [-0.3, -0.25) is 33.7 Å². The Kier molecular flexibility index (Phi) is 23.1. The van der Waals surface area contributed by atoms with Gasteiger partial charge in [0.05, 0.1) is 36.6 Å². The number of rotatable bonds is 27. The van der Waals surface area contributed by atoms with Gasteiger partial charge in [-0.2, -0.15) is 0 Å². The fourth-order valence-electron chi connectivity index (χ4n) is 9.13. The maximum Gasteiger partial charge on any atom is 0.326 e. The molecule has 3 rings (SSSR count). The number of carbonyl (C=O) groups is 7. The van der Waals surface area contributed by atoms with Crippen LogP contribution in [0.4, 0.5) is 0 Å². The van der Waals surface area contributed by atoms with Crippen LogP contribution in [-0.4, -0.2) is 194 Å². The molecular weight excluding hydrogens is 873 g/mol. The number of likely N-dealkylation sites (tertiary alicyclic amines) is 1. The van der Waals surface area contributed by atoms with Gasteiger partial charge in [0, 0.05) is 101 Å². The van der Waals surface area contributed by atoms with Gasteiger partial charge in [0.15, 0.2) is 5.96 Å². The van der Waals surface area contributed by atoms with Crippen molar-refractivity contribution in [2.45, 2.75) is 129 Å². The number of benzene rings is 1. The summed E-state index contributed by atoms with van der Waals surface area (Å²) in [6.45, 7) is 11.3. The van der Waals surface area contributed by atoms with Gasteiger partial charge in [0.25, 0.3) is 11.8 Å². The molecule has 1 aromatic rings. The Morgan fingerprint density at radius 1 is 0.882 bits per heavy atom. The first-order chi connectivity index (χ1) is 32.2. The summed E-state index contributed by atoms with van der Waals surface area (Å²) in [6.07, 6.45) is 5.53. The molecule has 380 valence electrons. The number of methoxy groups -OCH3 is 2. The number of nitrogens with zero attached hydrogens (tertiary/aromatic N) is 7. The van der Waals surface area contributed by atoms with Crippen molar-refractivity contribution in [3.8, 4) is 0 Å². The number of aliphatic carboxylic acids is 1. The van der Waals surface area contributed by atoms with Crippen molar-refractivity contribution in [1.29, 1.82) is 0 Å². The average Bonchev–Trinajstić information content (AvgIpc) is 3.92. The molecule has 0 bridgehead atoms. The van der Waals surface area contributed by atoms with E-state index in [1.54, 1.807) is 42.8 Å². The number of carboxylic acids is 1. The molecule has 2 N–H and O–H groups in total. The molecule has 2 aliphatic rings. The molecule has 1 saturated heterocycles. The minimum Gasteiger partial charge on any atom is -0.480 e. The van der Waals surface area contributed by atoms with Crippen molar-refractivity contribution in [1.82, 2.24) is 34.7 Å². The Morgan fingerprint density at radius 3 is 2.07 bits per heavy atom. The summed E-state index contributed by atoms with van der Waals surface area (Å²) in [5, 5.41) is 12.6. The van der Waals surface area contributed by atoms with Crippen LogP contribution in [-0.2, 0) is 49.5 Å². The minimum atomic E-state index is -1.15. The highest BCUT2D eigenvalue weighted by atomic mass is 16.5. The summed E-state index contributed by atoms with van der Waals surface area (Å²) < 4.78 is 12.0. The van der Waals surface area contributed by atoms with Gasteiger partial charge in [-0.05, 0) is 43.1 Å². The second-order valence-corrected chi connectivity index (χ2v) is 18.9. The molecule has 68 heavy (non-hydrogen) atoms. The number of hydrogen-bond acceptors (Lipinski definition) is 10. The number of carbonyl (C=O) groups excluding carboxylic acids is 6. The molecule has 0 saturated carbocycles. The first-order valence-corrected chi connectivity index (χ1v) is 24.1. The zero-order valence-corrected chi connectivity index (χ0v) is 42.7. The van der Waals surface area contributed by atoms with E-state index in [0.717, 1.165) is 5.56 Å². The van der Waals surface area contributed by atoms with Crippen molar-refractivity contribution in [2.24, 2.45) is 22.7 Å². The molecular formula is C50H80N8O10. The van der Waals surface area contributed by atoms with E-state index in [-0.39, 0.29) is 54.2 Å². The predicted octanol–water partition coefficient (Wildman–Crippen LogP) is 3.54. The summed E-state index contributed by atoms with van der Waals surface area (Å²) in [7, 11) is 12.1. The maximum absolute atomic E-state index is 14.7. The molecule has 1 fully saturated rings. The number of imide groups is 1. The fourth-order valence-corrected chi connectivity index (χ4v) is 9.13. The van der Waals surface area contributed by atoms with Gasteiger partial charge in [-0.1, -0.05) is 77.8 Å².